The summed E-state index contributed by atoms with van der Waals surface area (Å²) in [6.07, 6.45) is -3.63. The molecule has 2 amide bonds. The third kappa shape index (κ3) is 5.98. The molecule has 1 heterocycles. The molecule has 1 saturated heterocycles. The summed E-state index contributed by atoms with van der Waals surface area (Å²) in [5, 5.41) is 2.66. The van der Waals surface area contributed by atoms with Gasteiger partial charge in [0.05, 0.1) is 6.10 Å². The molecule has 4 nitrogen and oxygen atoms in total. The predicted molar refractivity (Wildman–Crippen MR) is 69.5 cm³/mol. The molecule has 0 spiro atoms. The van der Waals surface area contributed by atoms with E-state index in [4.69, 9.17) is 4.74 Å². The summed E-state index contributed by atoms with van der Waals surface area (Å²) in [5.41, 5.74) is 0. The average molecular weight is 296 g/mol. The summed E-state index contributed by atoms with van der Waals surface area (Å²) >= 11 is 0. The Morgan fingerprint density at radius 1 is 1.40 bits per heavy atom. The molecule has 2 atom stereocenters. The molecule has 20 heavy (non-hydrogen) atoms. The van der Waals surface area contributed by atoms with Gasteiger partial charge >= 0.3 is 12.2 Å². The number of likely N-dealkylation sites (tertiary alicyclic amines) is 1. The number of alkyl halides is 3. The van der Waals surface area contributed by atoms with Gasteiger partial charge in [-0.25, -0.2) is 4.79 Å². The van der Waals surface area contributed by atoms with Crippen LogP contribution in [0.1, 0.15) is 32.6 Å². The molecule has 0 aromatic carbocycles. The van der Waals surface area contributed by atoms with Gasteiger partial charge in [0.25, 0.3) is 0 Å². The van der Waals surface area contributed by atoms with Gasteiger partial charge in [0.2, 0.25) is 0 Å². The van der Waals surface area contributed by atoms with Crippen LogP contribution in [0.3, 0.4) is 0 Å². The van der Waals surface area contributed by atoms with Gasteiger partial charge in [-0.1, -0.05) is 6.92 Å². The van der Waals surface area contributed by atoms with Gasteiger partial charge in [0.15, 0.2) is 0 Å². The highest BCUT2D eigenvalue weighted by Gasteiger charge is 2.29. The third-order valence-corrected chi connectivity index (χ3v) is 3.64. The molecule has 1 aliphatic heterocycles. The molecule has 7 heteroatoms. The standard InChI is InChI=1S/C13H23F3N2O2/c1-10-5-8-18(9-11(10)20-2)12(19)17-7-4-3-6-13(14,15)16/h10-11H,3-9H2,1-2H3,(H,17,19)/t10-,11+/m1/s1. The Bertz CT molecular complexity index is 310. The van der Waals surface area contributed by atoms with Gasteiger partial charge in [0.1, 0.15) is 0 Å². The van der Waals surface area contributed by atoms with Crippen LogP contribution in [0.5, 0.6) is 0 Å². The summed E-state index contributed by atoms with van der Waals surface area (Å²) in [6, 6.07) is -0.217. The van der Waals surface area contributed by atoms with Gasteiger partial charge in [-0.3, -0.25) is 0 Å². The lowest BCUT2D eigenvalue weighted by atomic mass is 9.96. The molecule has 0 saturated carbocycles. The van der Waals surface area contributed by atoms with Crippen LogP contribution < -0.4 is 5.32 Å². The Balaban J connectivity index is 2.19. The fourth-order valence-electron chi connectivity index (χ4n) is 2.28. The van der Waals surface area contributed by atoms with E-state index in [-0.39, 0.29) is 25.1 Å². The van der Waals surface area contributed by atoms with Crippen LogP contribution in [0.2, 0.25) is 0 Å². The molecule has 0 radical (unpaired) electrons. The Morgan fingerprint density at radius 2 is 2.10 bits per heavy atom. The number of rotatable bonds is 5. The molecular formula is C13H23F3N2O2. The zero-order valence-electron chi connectivity index (χ0n) is 12.0. The van der Waals surface area contributed by atoms with Crippen molar-refractivity contribution in [1.82, 2.24) is 10.2 Å². The van der Waals surface area contributed by atoms with Crippen LogP contribution >= 0.6 is 0 Å². The number of unbranched alkanes of at least 4 members (excludes halogenated alkanes) is 1. The van der Waals surface area contributed by atoms with Crippen LogP contribution in [-0.4, -0.2) is 50.0 Å². The van der Waals surface area contributed by atoms with E-state index in [1.807, 2.05) is 0 Å². The van der Waals surface area contributed by atoms with Crippen molar-refractivity contribution in [2.24, 2.45) is 5.92 Å². The predicted octanol–water partition coefficient (Wildman–Crippen LogP) is 2.79. The van der Waals surface area contributed by atoms with Crippen LogP contribution in [0.4, 0.5) is 18.0 Å². The van der Waals surface area contributed by atoms with Gasteiger partial charge < -0.3 is 15.0 Å². The Kier molecular flexibility index (Phi) is 6.58. The van der Waals surface area contributed by atoms with E-state index >= 15 is 0 Å². The van der Waals surface area contributed by atoms with E-state index in [1.165, 1.54) is 0 Å². The second kappa shape index (κ2) is 7.71. The van der Waals surface area contributed by atoms with Crippen molar-refractivity contribution in [3.05, 3.63) is 0 Å². The number of ether oxygens (including phenoxy) is 1. The maximum absolute atomic E-state index is 11.9. The van der Waals surface area contributed by atoms with Gasteiger partial charge in [-0.2, -0.15) is 13.2 Å². The van der Waals surface area contributed by atoms with Crippen molar-refractivity contribution in [2.45, 2.75) is 44.9 Å². The lowest BCUT2D eigenvalue weighted by molar-refractivity contribution is -0.135. The summed E-state index contributed by atoms with van der Waals surface area (Å²) < 4.78 is 41.1. The highest BCUT2D eigenvalue weighted by molar-refractivity contribution is 5.74. The van der Waals surface area contributed by atoms with Crippen LogP contribution in [0, 0.1) is 5.92 Å². The molecule has 0 aromatic rings. The Morgan fingerprint density at radius 3 is 2.70 bits per heavy atom. The van der Waals surface area contributed by atoms with Crippen molar-refractivity contribution < 1.29 is 22.7 Å². The SMILES string of the molecule is CO[C@H]1CN(C(=O)NCCCCC(F)(F)F)CC[C@H]1C. The van der Waals surface area contributed by atoms with Gasteiger partial charge in [0, 0.05) is 33.2 Å². The first-order valence-corrected chi connectivity index (χ1v) is 6.96. The highest BCUT2D eigenvalue weighted by atomic mass is 19.4. The van der Waals surface area contributed by atoms with E-state index < -0.39 is 12.6 Å². The first-order valence-electron chi connectivity index (χ1n) is 6.96. The molecule has 1 aliphatic rings. The van der Waals surface area contributed by atoms with Crippen molar-refractivity contribution in [3.63, 3.8) is 0 Å². The molecule has 0 unspecified atom stereocenters. The minimum atomic E-state index is -4.11. The molecule has 1 fully saturated rings. The average Bonchev–Trinajstić information content (AvgIpc) is 2.37. The number of nitrogens with one attached hydrogen (secondary N) is 1. The fourth-order valence-corrected chi connectivity index (χ4v) is 2.28. The summed E-state index contributed by atoms with van der Waals surface area (Å²) in [7, 11) is 1.62. The van der Waals surface area contributed by atoms with Crippen molar-refractivity contribution in [2.75, 3.05) is 26.7 Å². The minimum absolute atomic E-state index is 0.0275. The number of urea groups is 1. The third-order valence-electron chi connectivity index (χ3n) is 3.64. The Hall–Kier alpha value is -0.980. The molecule has 0 aliphatic carbocycles. The first kappa shape index (κ1) is 17.1. The maximum atomic E-state index is 11.9. The molecule has 1 rings (SSSR count). The lowest BCUT2D eigenvalue weighted by Crippen LogP contribution is -2.50. The number of halogens is 3. The normalized spacial score (nSPS) is 23.8. The minimum Gasteiger partial charge on any atom is -0.379 e. The smallest absolute Gasteiger partial charge is 0.379 e. The maximum Gasteiger partial charge on any atom is 0.389 e. The number of nitrogens with zero attached hydrogens (tertiary/aromatic N) is 1. The number of hydrogen-bond donors (Lipinski definition) is 1. The summed E-state index contributed by atoms with van der Waals surface area (Å²) in [6.45, 7) is 3.56. The van der Waals surface area contributed by atoms with Gasteiger partial charge in [-0.15, -0.1) is 0 Å². The molecule has 118 valence electrons. The fraction of sp³-hybridized carbons (Fsp3) is 0.923. The van der Waals surface area contributed by atoms with Crippen molar-refractivity contribution in [1.29, 1.82) is 0 Å². The van der Waals surface area contributed by atoms with E-state index in [1.54, 1.807) is 12.0 Å². The number of methoxy groups -OCH3 is 1. The van der Waals surface area contributed by atoms with Crippen LogP contribution in [0.25, 0.3) is 0 Å². The quantitative estimate of drug-likeness (QED) is 0.793. The van der Waals surface area contributed by atoms with Crippen molar-refractivity contribution in [3.8, 4) is 0 Å². The first-order chi connectivity index (χ1) is 9.33. The van der Waals surface area contributed by atoms with Crippen LogP contribution in [0.15, 0.2) is 0 Å². The second-order valence-corrected chi connectivity index (χ2v) is 5.29. The van der Waals surface area contributed by atoms with E-state index in [0.29, 0.717) is 25.4 Å². The molecular weight excluding hydrogens is 273 g/mol. The second-order valence-electron chi connectivity index (χ2n) is 5.29. The summed E-state index contributed by atoms with van der Waals surface area (Å²) in [4.78, 5) is 13.5. The zero-order valence-corrected chi connectivity index (χ0v) is 12.0. The largest absolute Gasteiger partial charge is 0.389 e. The van der Waals surface area contributed by atoms with E-state index in [0.717, 1.165) is 6.42 Å². The molecule has 1 N–H and O–H groups in total. The van der Waals surface area contributed by atoms with Gasteiger partial charge in [-0.05, 0) is 25.2 Å². The topological polar surface area (TPSA) is 41.6 Å². The number of carbonyl (C=O) groups is 1. The number of hydrogen-bond acceptors (Lipinski definition) is 2. The highest BCUT2D eigenvalue weighted by Crippen LogP contribution is 2.22. The van der Waals surface area contributed by atoms with Crippen molar-refractivity contribution >= 4 is 6.03 Å². The molecule has 0 aromatic heterocycles. The van der Waals surface area contributed by atoms with E-state index in [2.05, 4.69) is 12.2 Å². The zero-order chi connectivity index (χ0) is 15.2. The van der Waals surface area contributed by atoms with E-state index in [9.17, 15) is 18.0 Å². The Labute approximate surface area is 117 Å². The number of carbonyl (C=O) groups excluding carboxylic acids is 1. The lowest BCUT2D eigenvalue weighted by Gasteiger charge is -2.36. The number of piperidine rings is 1. The monoisotopic (exact) mass is 296 g/mol. The molecule has 0 bridgehead atoms. The van der Waals surface area contributed by atoms with Crippen LogP contribution in [-0.2, 0) is 4.74 Å². The summed E-state index contributed by atoms with van der Waals surface area (Å²) in [5.74, 6) is 0.413. The number of amides is 2.